The Hall–Kier alpha value is -2.56. The molecule has 1 N–H and O–H groups in total. The van der Waals surface area contributed by atoms with Gasteiger partial charge in [-0.3, -0.25) is 0 Å². The van der Waals surface area contributed by atoms with E-state index in [1.807, 2.05) is 24.5 Å². The SMILES string of the molecule is Cc1cccc(-c2ncc(CNC[C@H]3OCCc4ccccc43)cn2)c1. The van der Waals surface area contributed by atoms with Crippen molar-refractivity contribution in [1.82, 2.24) is 15.3 Å². The summed E-state index contributed by atoms with van der Waals surface area (Å²) in [7, 11) is 0. The van der Waals surface area contributed by atoms with Crippen LogP contribution in [0.2, 0.25) is 0 Å². The number of nitrogens with one attached hydrogen (secondary N) is 1. The van der Waals surface area contributed by atoms with E-state index in [9.17, 15) is 0 Å². The van der Waals surface area contributed by atoms with Gasteiger partial charge in [0.2, 0.25) is 0 Å². The fourth-order valence-corrected chi connectivity index (χ4v) is 3.37. The van der Waals surface area contributed by atoms with Crippen LogP contribution in [-0.4, -0.2) is 23.1 Å². The van der Waals surface area contributed by atoms with Crippen molar-refractivity contribution in [2.45, 2.75) is 26.0 Å². The average Bonchev–Trinajstić information content (AvgIpc) is 2.69. The molecule has 0 aliphatic carbocycles. The number of nitrogens with zero attached hydrogens (tertiary/aromatic N) is 2. The highest BCUT2D eigenvalue weighted by Gasteiger charge is 2.19. The zero-order valence-electron chi connectivity index (χ0n) is 15.0. The first-order valence-electron chi connectivity index (χ1n) is 9.08. The summed E-state index contributed by atoms with van der Waals surface area (Å²) in [5, 5.41) is 3.48. The van der Waals surface area contributed by atoms with E-state index in [1.165, 1.54) is 16.7 Å². The molecule has 0 saturated heterocycles. The van der Waals surface area contributed by atoms with Crippen LogP contribution in [0.25, 0.3) is 11.4 Å². The Kier molecular flexibility index (Phi) is 5.04. The fourth-order valence-electron chi connectivity index (χ4n) is 3.37. The number of aromatic nitrogens is 2. The van der Waals surface area contributed by atoms with Gasteiger partial charge in [0.15, 0.2) is 5.82 Å². The lowest BCUT2D eigenvalue weighted by Crippen LogP contribution is -2.27. The van der Waals surface area contributed by atoms with E-state index in [0.29, 0.717) is 0 Å². The minimum atomic E-state index is 0.118. The van der Waals surface area contributed by atoms with Crippen LogP contribution in [0.15, 0.2) is 60.9 Å². The van der Waals surface area contributed by atoms with Crippen LogP contribution in [0.1, 0.15) is 28.4 Å². The lowest BCUT2D eigenvalue weighted by atomic mass is 9.97. The number of fused-ring (bicyclic) bond motifs is 1. The maximum absolute atomic E-state index is 5.94. The Labute approximate surface area is 154 Å². The van der Waals surface area contributed by atoms with Gasteiger partial charge in [0.1, 0.15) is 0 Å². The first-order valence-corrected chi connectivity index (χ1v) is 9.08. The van der Waals surface area contributed by atoms with Crippen molar-refractivity contribution in [1.29, 1.82) is 0 Å². The van der Waals surface area contributed by atoms with Gasteiger partial charge in [-0.2, -0.15) is 0 Å². The van der Waals surface area contributed by atoms with Crippen molar-refractivity contribution in [3.8, 4) is 11.4 Å². The Morgan fingerprint density at radius 1 is 1.08 bits per heavy atom. The molecule has 4 heteroatoms. The average molecular weight is 345 g/mol. The van der Waals surface area contributed by atoms with Crippen LogP contribution in [0, 0.1) is 6.92 Å². The Morgan fingerprint density at radius 3 is 2.77 bits per heavy atom. The lowest BCUT2D eigenvalue weighted by Gasteiger charge is -2.26. The van der Waals surface area contributed by atoms with Crippen LogP contribution in [0.5, 0.6) is 0 Å². The highest BCUT2D eigenvalue weighted by Crippen LogP contribution is 2.26. The van der Waals surface area contributed by atoms with Crippen molar-refractivity contribution in [3.05, 3.63) is 83.2 Å². The van der Waals surface area contributed by atoms with Gasteiger partial charge in [-0.1, -0.05) is 48.0 Å². The van der Waals surface area contributed by atoms with E-state index in [4.69, 9.17) is 4.74 Å². The van der Waals surface area contributed by atoms with Crippen LogP contribution < -0.4 is 5.32 Å². The standard InChI is InChI=1S/C22H23N3O/c1-16-5-4-7-19(11-16)22-24-13-17(14-25-22)12-23-15-21-20-8-3-2-6-18(20)9-10-26-21/h2-8,11,13-14,21,23H,9-10,12,15H2,1H3/t21-/m1/s1. The minimum absolute atomic E-state index is 0.118. The van der Waals surface area contributed by atoms with Gasteiger partial charge >= 0.3 is 0 Å². The van der Waals surface area contributed by atoms with Crippen molar-refractivity contribution >= 4 is 0 Å². The second kappa shape index (κ2) is 7.77. The highest BCUT2D eigenvalue weighted by atomic mass is 16.5. The zero-order valence-corrected chi connectivity index (χ0v) is 15.0. The van der Waals surface area contributed by atoms with Gasteiger partial charge in [0, 0.05) is 36.6 Å². The summed E-state index contributed by atoms with van der Waals surface area (Å²) in [4.78, 5) is 9.02. The molecule has 1 aromatic heterocycles. The zero-order chi connectivity index (χ0) is 17.8. The van der Waals surface area contributed by atoms with Crippen molar-refractivity contribution in [3.63, 3.8) is 0 Å². The van der Waals surface area contributed by atoms with Crippen molar-refractivity contribution < 1.29 is 4.74 Å². The van der Waals surface area contributed by atoms with Crippen molar-refractivity contribution in [2.24, 2.45) is 0 Å². The number of hydrogen-bond donors (Lipinski definition) is 1. The van der Waals surface area contributed by atoms with E-state index in [2.05, 4.69) is 58.6 Å². The molecule has 3 aromatic rings. The number of rotatable bonds is 5. The van der Waals surface area contributed by atoms with Crippen LogP contribution in [0.3, 0.4) is 0 Å². The summed E-state index contributed by atoms with van der Waals surface area (Å²) >= 11 is 0. The van der Waals surface area contributed by atoms with Gasteiger partial charge in [-0.15, -0.1) is 0 Å². The fraction of sp³-hybridized carbons (Fsp3) is 0.273. The summed E-state index contributed by atoms with van der Waals surface area (Å²) in [6.07, 6.45) is 4.91. The molecule has 0 unspecified atom stereocenters. The van der Waals surface area contributed by atoms with Crippen LogP contribution >= 0.6 is 0 Å². The molecule has 4 rings (SSSR count). The third-order valence-corrected chi connectivity index (χ3v) is 4.73. The van der Waals surface area contributed by atoms with Gasteiger partial charge in [-0.25, -0.2) is 9.97 Å². The number of aryl methyl sites for hydroxylation is 1. The third-order valence-electron chi connectivity index (χ3n) is 4.73. The summed E-state index contributed by atoms with van der Waals surface area (Å²) in [6.45, 7) is 4.39. The molecule has 26 heavy (non-hydrogen) atoms. The lowest BCUT2D eigenvalue weighted by molar-refractivity contribution is 0.0423. The van der Waals surface area contributed by atoms with E-state index in [0.717, 1.165) is 43.1 Å². The molecule has 2 aromatic carbocycles. The summed E-state index contributed by atoms with van der Waals surface area (Å²) in [5.41, 5.74) is 6.04. The monoisotopic (exact) mass is 345 g/mol. The predicted molar refractivity (Wildman–Crippen MR) is 103 cm³/mol. The molecule has 1 atom stereocenters. The molecule has 1 aliphatic rings. The first-order chi connectivity index (χ1) is 12.8. The molecule has 0 spiro atoms. The summed E-state index contributed by atoms with van der Waals surface area (Å²) in [5.74, 6) is 0.766. The van der Waals surface area contributed by atoms with Crippen LogP contribution in [-0.2, 0) is 17.7 Å². The largest absolute Gasteiger partial charge is 0.372 e. The smallest absolute Gasteiger partial charge is 0.159 e. The minimum Gasteiger partial charge on any atom is -0.372 e. The molecule has 1 aliphatic heterocycles. The van der Waals surface area contributed by atoms with E-state index >= 15 is 0 Å². The van der Waals surface area contributed by atoms with Gasteiger partial charge < -0.3 is 10.1 Å². The first kappa shape index (κ1) is 16.9. The van der Waals surface area contributed by atoms with E-state index in [-0.39, 0.29) is 6.10 Å². The topological polar surface area (TPSA) is 47.0 Å². The maximum Gasteiger partial charge on any atom is 0.159 e. The number of hydrogen-bond acceptors (Lipinski definition) is 4. The molecule has 4 nitrogen and oxygen atoms in total. The molecular weight excluding hydrogens is 322 g/mol. The molecule has 0 amide bonds. The van der Waals surface area contributed by atoms with Gasteiger partial charge in [-0.05, 0) is 30.5 Å². The number of ether oxygens (including phenoxy) is 1. The second-order valence-electron chi connectivity index (χ2n) is 6.72. The summed E-state index contributed by atoms with van der Waals surface area (Å²) in [6, 6.07) is 16.8. The third kappa shape index (κ3) is 3.82. The quantitative estimate of drug-likeness (QED) is 0.763. The Morgan fingerprint density at radius 2 is 1.92 bits per heavy atom. The molecule has 0 bridgehead atoms. The van der Waals surface area contributed by atoms with Crippen molar-refractivity contribution in [2.75, 3.05) is 13.2 Å². The molecule has 0 fully saturated rings. The predicted octanol–water partition coefficient (Wildman–Crippen LogP) is 3.86. The van der Waals surface area contributed by atoms with E-state index < -0.39 is 0 Å². The number of benzene rings is 2. The van der Waals surface area contributed by atoms with E-state index in [1.54, 1.807) is 0 Å². The molecule has 132 valence electrons. The highest BCUT2D eigenvalue weighted by molar-refractivity contribution is 5.55. The normalized spacial score (nSPS) is 16.3. The molecular formula is C22H23N3O. The Balaban J connectivity index is 1.36. The second-order valence-corrected chi connectivity index (χ2v) is 6.72. The molecule has 0 radical (unpaired) electrons. The van der Waals surface area contributed by atoms with Gasteiger partial charge in [0.25, 0.3) is 0 Å². The van der Waals surface area contributed by atoms with Crippen LogP contribution in [0.4, 0.5) is 0 Å². The molecule has 2 heterocycles. The Bertz CT molecular complexity index is 877. The summed E-state index contributed by atoms with van der Waals surface area (Å²) < 4.78 is 5.94. The maximum atomic E-state index is 5.94. The molecule has 0 saturated carbocycles. The van der Waals surface area contributed by atoms with Gasteiger partial charge in [0.05, 0.1) is 12.7 Å².